The third-order valence-corrected chi connectivity index (χ3v) is 2.42. The van der Waals surface area contributed by atoms with Gasteiger partial charge in [0.2, 0.25) is 0 Å². The summed E-state index contributed by atoms with van der Waals surface area (Å²) in [5.74, 6) is -0.889. The lowest BCUT2D eigenvalue weighted by atomic mass is 10.2. The molecule has 90 valence electrons. The summed E-state index contributed by atoms with van der Waals surface area (Å²) in [6.07, 6.45) is 0.914. The minimum absolute atomic E-state index is 0.309. The minimum Gasteiger partial charge on any atom is -0.505 e. The molecule has 1 unspecified atom stereocenters. The average Bonchev–Trinajstić information content (AvgIpc) is 2.28. The van der Waals surface area contributed by atoms with Gasteiger partial charge in [0.25, 0.3) is 0 Å². The summed E-state index contributed by atoms with van der Waals surface area (Å²) in [6.45, 7) is 3.34. The molecule has 2 N–H and O–H groups in total. The van der Waals surface area contributed by atoms with Gasteiger partial charge in [-0.15, -0.1) is 0 Å². The molecule has 1 aromatic carbocycles. The molecular formula is C12H18FNO2. The number of rotatable bonds is 6. The van der Waals surface area contributed by atoms with Crippen LogP contribution in [0, 0.1) is 5.82 Å². The van der Waals surface area contributed by atoms with Gasteiger partial charge in [-0.05, 0) is 31.0 Å². The van der Waals surface area contributed by atoms with Gasteiger partial charge in [0, 0.05) is 26.3 Å². The van der Waals surface area contributed by atoms with Gasteiger partial charge in [0.15, 0.2) is 11.6 Å². The predicted octanol–water partition coefficient (Wildman–Crippen LogP) is 2.05. The Balaban J connectivity index is 2.39. The van der Waals surface area contributed by atoms with Gasteiger partial charge in [-0.3, -0.25) is 0 Å². The second-order valence-corrected chi connectivity index (χ2v) is 3.85. The van der Waals surface area contributed by atoms with Gasteiger partial charge in [0.1, 0.15) is 0 Å². The van der Waals surface area contributed by atoms with Crippen molar-refractivity contribution >= 4 is 0 Å². The van der Waals surface area contributed by atoms with Gasteiger partial charge in [-0.25, -0.2) is 4.39 Å². The zero-order valence-corrected chi connectivity index (χ0v) is 9.66. The molecule has 1 atom stereocenters. The molecule has 0 heterocycles. The largest absolute Gasteiger partial charge is 0.505 e. The number of ether oxygens (including phenoxy) is 1. The van der Waals surface area contributed by atoms with Crippen molar-refractivity contribution < 1.29 is 14.2 Å². The van der Waals surface area contributed by atoms with Crippen LogP contribution in [0.1, 0.15) is 18.9 Å². The molecule has 0 aromatic heterocycles. The van der Waals surface area contributed by atoms with E-state index in [1.807, 2.05) is 0 Å². The Hall–Kier alpha value is -1.13. The lowest BCUT2D eigenvalue weighted by Crippen LogP contribution is -2.26. The summed E-state index contributed by atoms with van der Waals surface area (Å²) in [6, 6.07) is 4.73. The Morgan fingerprint density at radius 2 is 2.25 bits per heavy atom. The molecule has 0 spiro atoms. The van der Waals surface area contributed by atoms with Crippen LogP contribution in [0.2, 0.25) is 0 Å². The van der Waals surface area contributed by atoms with E-state index < -0.39 is 5.82 Å². The van der Waals surface area contributed by atoms with Crippen LogP contribution in [0.3, 0.4) is 0 Å². The maximum atomic E-state index is 13.0. The van der Waals surface area contributed by atoms with E-state index in [4.69, 9.17) is 9.84 Å². The van der Waals surface area contributed by atoms with Gasteiger partial charge < -0.3 is 15.2 Å². The molecule has 4 heteroatoms. The summed E-state index contributed by atoms with van der Waals surface area (Å²) in [5.41, 5.74) is 0.819. The van der Waals surface area contributed by atoms with Crippen molar-refractivity contribution in [3.05, 3.63) is 29.6 Å². The third kappa shape index (κ3) is 4.16. The molecule has 0 saturated heterocycles. The zero-order chi connectivity index (χ0) is 12.0. The van der Waals surface area contributed by atoms with E-state index in [2.05, 4.69) is 12.2 Å². The number of hydrogen-bond acceptors (Lipinski definition) is 3. The average molecular weight is 227 g/mol. The SMILES string of the molecule is COCCC(C)NCc1ccc(O)c(F)c1. The summed E-state index contributed by atoms with van der Waals surface area (Å²) < 4.78 is 18.0. The highest BCUT2D eigenvalue weighted by atomic mass is 19.1. The third-order valence-electron chi connectivity index (χ3n) is 2.42. The summed E-state index contributed by atoms with van der Waals surface area (Å²) in [4.78, 5) is 0. The van der Waals surface area contributed by atoms with Crippen LogP contribution in [-0.2, 0) is 11.3 Å². The smallest absolute Gasteiger partial charge is 0.165 e. The van der Waals surface area contributed by atoms with Gasteiger partial charge in [-0.2, -0.15) is 0 Å². The first kappa shape index (κ1) is 12.9. The maximum Gasteiger partial charge on any atom is 0.165 e. The second kappa shape index (κ2) is 6.45. The number of aromatic hydroxyl groups is 1. The summed E-state index contributed by atoms with van der Waals surface area (Å²) in [5, 5.41) is 12.3. The van der Waals surface area contributed by atoms with E-state index in [0.717, 1.165) is 12.0 Å². The van der Waals surface area contributed by atoms with Crippen molar-refractivity contribution in [1.29, 1.82) is 0 Å². The monoisotopic (exact) mass is 227 g/mol. The Kier molecular flexibility index (Phi) is 5.22. The number of hydrogen-bond donors (Lipinski definition) is 2. The van der Waals surface area contributed by atoms with Crippen molar-refractivity contribution in [3.63, 3.8) is 0 Å². The van der Waals surface area contributed by atoms with Gasteiger partial charge >= 0.3 is 0 Å². The maximum absolute atomic E-state index is 13.0. The van der Waals surface area contributed by atoms with Crippen molar-refractivity contribution in [2.45, 2.75) is 25.9 Å². The highest BCUT2D eigenvalue weighted by Crippen LogP contribution is 2.16. The molecule has 0 bridgehead atoms. The molecule has 0 aliphatic carbocycles. The van der Waals surface area contributed by atoms with Crippen LogP contribution >= 0.6 is 0 Å². The quantitative estimate of drug-likeness (QED) is 0.781. The topological polar surface area (TPSA) is 41.5 Å². The molecule has 0 fully saturated rings. The lowest BCUT2D eigenvalue weighted by Gasteiger charge is -2.13. The fourth-order valence-corrected chi connectivity index (χ4v) is 1.35. The standard InChI is InChI=1S/C12H18FNO2/c1-9(5-6-16-2)14-8-10-3-4-12(15)11(13)7-10/h3-4,7,9,14-15H,5-6,8H2,1-2H3. The Labute approximate surface area is 95.2 Å². The molecule has 0 aliphatic heterocycles. The van der Waals surface area contributed by atoms with Gasteiger partial charge in [0.05, 0.1) is 0 Å². The molecule has 0 radical (unpaired) electrons. The van der Waals surface area contributed by atoms with Crippen molar-refractivity contribution in [1.82, 2.24) is 5.32 Å². The predicted molar refractivity (Wildman–Crippen MR) is 60.9 cm³/mol. The van der Waals surface area contributed by atoms with Crippen LogP contribution < -0.4 is 5.32 Å². The van der Waals surface area contributed by atoms with E-state index in [1.54, 1.807) is 13.2 Å². The van der Waals surface area contributed by atoms with Gasteiger partial charge in [-0.1, -0.05) is 6.07 Å². The first-order chi connectivity index (χ1) is 7.63. The molecule has 0 aliphatic rings. The Morgan fingerprint density at radius 1 is 1.50 bits per heavy atom. The van der Waals surface area contributed by atoms with Crippen LogP contribution in [0.4, 0.5) is 4.39 Å². The fourth-order valence-electron chi connectivity index (χ4n) is 1.35. The van der Waals surface area contributed by atoms with Crippen molar-refractivity contribution in [2.24, 2.45) is 0 Å². The normalized spacial score (nSPS) is 12.7. The molecule has 0 amide bonds. The fraction of sp³-hybridized carbons (Fsp3) is 0.500. The number of halogens is 1. The summed E-state index contributed by atoms with van der Waals surface area (Å²) >= 11 is 0. The van der Waals surface area contributed by atoms with Crippen molar-refractivity contribution in [3.8, 4) is 5.75 Å². The van der Waals surface area contributed by atoms with Crippen LogP contribution in [0.25, 0.3) is 0 Å². The number of phenols is 1. The van der Waals surface area contributed by atoms with E-state index in [9.17, 15) is 4.39 Å². The van der Waals surface area contributed by atoms with Crippen LogP contribution in [-0.4, -0.2) is 24.9 Å². The molecule has 0 saturated carbocycles. The first-order valence-corrected chi connectivity index (χ1v) is 5.33. The summed E-state index contributed by atoms with van der Waals surface area (Å²) in [7, 11) is 1.67. The molecule has 1 rings (SSSR count). The highest BCUT2D eigenvalue weighted by Gasteiger charge is 2.04. The molecule has 1 aromatic rings. The minimum atomic E-state index is -0.580. The van der Waals surface area contributed by atoms with Crippen LogP contribution in [0.15, 0.2) is 18.2 Å². The Morgan fingerprint density at radius 3 is 2.88 bits per heavy atom. The lowest BCUT2D eigenvalue weighted by molar-refractivity contribution is 0.184. The van der Waals surface area contributed by atoms with E-state index >= 15 is 0 Å². The Bertz CT molecular complexity index is 331. The molecular weight excluding hydrogens is 209 g/mol. The van der Waals surface area contributed by atoms with Crippen LogP contribution in [0.5, 0.6) is 5.75 Å². The zero-order valence-electron chi connectivity index (χ0n) is 9.66. The van der Waals surface area contributed by atoms with E-state index in [0.29, 0.717) is 19.2 Å². The molecule has 16 heavy (non-hydrogen) atoms. The number of benzene rings is 1. The van der Waals surface area contributed by atoms with Crippen molar-refractivity contribution in [2.75, 3.05) is 13.7 Å². The second-order valence-electron chi connectivity index (χ2n) is 3.85. The van der Waals surface area contributed by atoms with E-state index in [1.165, 1.54) is 12.1 Å². The number of nitrogens with one attached hydrogen (secondary N) is 1. The highest BCUT2D eigenvalue weighted by molar-refractivity contribution is 5.27. The van der Waals surface area contributed by atoms with E-state index in [-0.39, 0.29) is 5.75 Å². The number of phenolic OH excluding ortho intramolecular Hbond substituents is 1. The first-order valence-electron chi connectivity index (χ1n) is 5.33. The number of methoxy groups -OCH3 is 1. The molecule has 3 nitrogen and oxygen atoms in total.